The van der Waals surface area contributed by atoms with Gasteiger partial charge in [-0.05, 0) is 25.1 Å². The van der Waals surface area contributed by atoms with Gasteiger partial charge in [0, 0.05) is 26.2 Å². The van der Waals surface area contributed by atoms with E-state index in [4.69, 9.17) is 23.2 Å². The molecular weight excluding hydrogens is 339 g/mol. The number of anilines is 1. The number of benzene rings is 1. The van der Waals surface area contributed by atoms with Gasteiger partial charge in [-0.15, -0.1) is 0 Å². The maximum absolute atomic E-state index is 12.5. The van der Waals surface area contributed by atoms with E-state index in [1.54, 1.807) is 34.1 Å². The van der Waals surface area contributed by atoms with Crippen molar-refractivity contribution >= 4 is 40.7 Å². The first-order valence-electron chi connectivity index (χ1n) is 6.74. The van der Waals surface area contributed by atoms with Crippen molar-refractivity contribution in [3.63, 3.8) is 0 Å². The zero-order chi connectivity index (χ0) is 17.3. The fraction of sp³-hybridized carbons (Fsp3) is 0.267. The van der Waals surface area contributed by atoms with E-state index < -0.39 is 5.91 Å². The van der Waals surface area contributed by atoms with Crippen molar-refractivity contribution in [1.29, 1.82) is 0 Å². The largest absolute Gasteiger partial charge is 0.343 e. The third-order valence-corrected chi connectivity index (χ3v) is 3.90. The number of halogens is 2. The Bertz CT molecular complexity index is 784. The van der Waals surface area contributed by atoms with Crippen LogP contribution in [0.3, 0.4) is 0 Å². The number of rotatable bonds is 3. The number of aromatic nitrogens is 2. The molecule has 122 valence electrons. The lowest BCUT2D eigenvalue weighted by atomic mass is 10.2. The first kappa shape index (κ1) is 17.3. The number of nitrogens with one attached hydrogen (secondary N) is 1. The summed E-state index contributed by atoms with van der Waals surface area (Å²) in [5.74, 6) is -0.734. The lowest BCUT2D eigenvalue weighted by Crippen LogP contribution is -2.24. The molecule has 8 heteroatoms. The summed E-state index contributed by atoms with van der Waals surface area (Å²) in [4.78, 5) is 26.1. The van der Waals surface area contributed by atoms with E-state index in [1.807, 2.05) is 0 Å². The molecule has 1 N–H and O–H groups in total. The number of hydrogen-bond acceptors (Lipinski definition) is 3. The summed E-state index contributed by atoms with van der Waals surface area (Å²) in [5, 5.41) is 7.56. The van der Waals surface area contributed by atoms with Gasteiger partial charge in [-0.3, -0.25) is 14.3 Å². The van der Waals surface area contributed by atoms with Crippen LogP contribution in [-0.2, 0) is 7.05 Å². The summed E-state index contributed by atoms with van der Waals surface area (Å²) >= 11 is 11.9. The first-order valence-corrected chi connectivity index (χ1v) is 7.49. The zero-order valence-electron chi connectivity index (χ0n) is 13.1. The smallest absolute Gasteiger partial charge is 0.276 e. The molecule has 2 rings (SSSR count). The van der Waals surface area contributed by atoms with Crippen LogP contribution >= 0.6 is 23.2 Å². The summed E-state index contributed by atoms with van der Waals surface area (Å²) in [6.07, 6.45) is 0. The van der Waals surface area contributed by atoms with Crippen LogP contribution in [0.1, 0.15) is 26.5 Å². The highest BCUT2D eigenvalue weighted by Gasteiger charge is 2.23. The number of carbonyl (C=O) groups is 2. The van der Waals surface area contributed by atoms with Crippen LogP contribution in [0.4, 0.5) is 5.69 Å². The average Bonchev–Trinajstić information content (AvgIpc) is 2.74. The van der Waals surface area contributed by atoms with Crippen LogP contribution < -0.4 is 5.32 Å². The third-order valence-electron chi connectivity index (χ3n) is 3.36. The fourth-order valence-electron chi connectivity index (χ4n) is 1.97. The SMILES string of the molecule is Cc1c(NC(=O)c2ccc(Cl)cc2Cl)c(C(=O)N(C)C)nn1C. The van der Waals surface area contributed by atoms with Crippen LogP contribution in [0.2, 0.25) is 10.0 Å². The van der Waals surface area contributed by atoms with Gasteiger partial charge in [0.05, 0.1) is 22.0 Å². The lowest BCUT2D eigenvalue weighted by molar-refractivity contribution is 0.0822. The summed E-state index contributed by atoms with van der Waals surface area (Å²) in [7, 11) is 4.94. The summed E-state index contributed by atoms with van der Waals surface area (Å²) < 4.78 is 1.54. The minimum Gasteiger partial charge on any atom is -0.343 e. The Kier molecular flexibility index (Phi) is 4.97. The molecule has 0 unspecified atom stereocenters. The molecule has 6 nitrogen and oxygen atoms in total. The third kappa shape index (κ3) is 3.48. The predicted molar refractivity (Wildman–Crippen MR) is 90.4 cm³/mol. The van der Waals surface area contributed by atoms with Crippen LogP contribution in [0.25, 0.3) is 0 Å². The van der Waals surface area contributed by atoms with Crippen LogP contribution in [0.5, 0.6) is 0 Å². The molecule has 0 radical (unpaired) electrons. The summed E-state index contributed by atoms with van der Waals surface area (Å²) in [6, 6.07) is 4.59. The molecule has 2 aromatic rings. The highest BCUT2D eigenvalue weighted by Crippen LogP contribution is 2.25. The van der Waals surface area contributed by atoms with Crippen molar-refractivity contribution in [2.45, 2.75) is 6.92 Å². The normalized spacial score (nSPS) is 10.5. The second kappa shape index (κ2) is 6.60. The minimum atomic E-state index is -0.435. The van der Waals surface area contributed by atoms with Crippen molar-refractivity contribution in [3.05, 3.63) is 45.2 Å². The molecule has 0 aliphatic rings. The van der Waals surface area contributed by atoms with Crippen molar-refractivity contribution in [3.8, 4) is 0 Å². The van der Waals surface area contributed by atoms with Gasteiger partial charge in [-0.25, -0.2) is 0 Å². The van der Waals surface area contributed by atoms with Gasteiger partial charge in [0.25, 0.3) is 11.8 Å². The van der Waals surface area contributed by atoms with E-state index in [1.165, 1.54) is 21.7 Å². The van der Waals surface area contributed by atoms with Crippen LogP contribution in [0, 0.1) is 6.92 Å². The first-order chi connectivity index (χ1) is 10.7. The van der Waals surface area contributed by atoms with Gasteiger partial charge < -0.3 is 10.2 Å². The molecule has 1 aromatic carbocycles. The van der Waals surface area contributed by atoms with Crippen molar-refractivity contribution < 1.29 is 9.59 Å². The molecule has 1 aromatic heterocycles. The van der Waals surface area contributed by atoms with Gasteiger partial charge in [0.1, 0.15) is 0 Å². The highest BCUT2D eigenvalue weighted by molar-refractivity contribution is 6.37. The number of hydrogen-bond donors (Lipinski definition) is 1. The van der Waals surface area contributed by atoms with Crippen LogP contribution in [-0.4, -0.2) is 40.6 Å². The quantitative estimate of drug-likeness (QED) is 0.921. The maximum Gasteiger partial charge on any atom is 0.276 e. The Labute approximate surface area is 144 Å². The zero-order valence-corrected chi connectivity index (χ0v) is 14.7. The molecule has 0 spiro atoms. The monoisotopic (exact) mass is 354 g/mol. The minimum absolute atomic E-state index is 0.174. The van der Waals surface area contributed by atoms with Gasteiger partial charge in [0.2, 0.25) is 0 Å². The number of aryl methyl sites for hydroxylation is 1. The molecule has 1 heterocycles. The highest BCUT2D eigenvalue weighted by atomic mass is 35.5. The Morgan fingerprint density at radius 2 is 1.91 bits per heavy atom. The Morgan fingerprint density at radius 1 is 1.26 bits per heavy atom. The van der Waals surface area contributed by atoms with Crippen molar-refractivity contribution in [2.24, 2.45) is 7.05 Å². The van der Waals surface area contributed by atoms with E-state index in [0.717, 1.165) is 0 Å². The Hall–Kier alpha value is -2.05. The van der Waals surface area contributed by atoms with Crippen molar-refractivity contribution in [1.82, 2.24) is 14.7 Å². The Morgan fingerprint density at radius 3 is 2.48 bits per heavy atom. The molecule has 0 aliphatic carbocycles. The average molecular weight is 355 g/mol. The van der Waals surface area contributed by atoms with Gasteiger partial charge >= 0.3 is 0 Å². The summed E-state index contributed by atoms with van der Waals surface area (Å²) in [5.41, 5.74) is 1.46. The molecular formula is C15H16Cl2N4O2. The van der Waals surface area contributed by atoms with E-state index in [2.05, 4.69) is 10.4 Å². The van der Waals surface area contributed by atoms with E-state index in [0.29, 0.717) is 16.4 Å². The maximum atomic E-state index is 12.5. The number of carbonyl (C=O) groups excluding carboxylic acids is 2. The molecule has 23 heavy (non-hydrogen) atoms. The second-order valence-electron chi connectivity index (χ2n) is 5.21. The molecule has 0 fully saturated rings. The van der Waals surface area contributed by atoms with Crippen molar-refractivity contribution in [2.75, 3.05) is 19.4 Å². The van der Waals surface area contributed by atoms with E-state index in [-0.39, 0.29) is 22.2 Å². The standard InChI is InChI=1S/C15H16Cl2N4O2/c1-8-12(13(19-21(8)4)15(23)20(2)3)18-14(22)10-6-5-9(16)7-11(10)17/h5-7H,1-4H3,(H,18,22). The van der Waals surface area contributed by atoms with Crippen LogP contribution in [0.15, 0.2) is 18.2 Å². The van der Waals surface area contributed by atoms with Gasteiger partial charge in [-0.2, -0.15) is 5.10 Å². The molecule has 0 saturated carbocycles. The van der Waals surface area contributed by atoms with E-state index in [9.17, 15) is 9.59 Å². The molecule has 2 amide bonds. The Balaban J connectivity index is 2.39. The molecule has 0 bridgehead atoms. The predicted octanol–water partition coefficient (Wildman–Crippen LogP) is 2.99. The molecule has 0 atom stereocenters. The number of nitrogens with zero attached hydrogens (tertiary/aromatic N) is 3. The summed E-state index contributed by atoms with van der Waals surface area (Å²) in [6.45, 7) is 1.76. The van der Waals surface area contributed by atoms with Gasteiger partial charge in [0.15, 0.2) is 5.69 Å². The second-order valence-corrected chi connectivity index (χ2v) is 6.05. The molecule has 0 saturated heterocycles. The fourth-order valence-corrected chi connectivity index (χ4v) is 2.47. The lowest BCUT2D eigenvalue weighted by Gasteiger charge is -2.11. The number of amides is 2. The topological polar surface area (TPSA) is 67.2 Å². The van der Waals surface area contributed by atoms with Gasteiger partial charge in [-0.1, -0.05) is 23.2 Å². The molecule has 0 aliphatic heterocycles. The van der Waals surface area contributed by atoms with E-state index >= 15 is 0 Å².